The van der Waals surface area contributed by atoms with Crippen molar-refractivity contribution in [3.8, 4) is 0 Å². The highest BCUT2D eigenvalue weighted by atomic mass is 35.5. The highest BCUT2D eigenvalue weighted by Gasteiger charge is 2.06. The summed E-state index contributed by atoms with van der Waals surface area (Å²) in [6, 6.07) is 11.4. The maximum absolute atomic E-state index is 9.45. The first-order valence-corrected chi connectivity index (χ1v) is 6.17. The van der Waals surface area contributed by atoms with Gasteiger partial charge in [-0.2, -0.15) is 0 Å². The molecule has 2 aromatic rings. The molecule has 18 heavy (non-hydrogen) atoms. The third-order valence-corrected chi connectivity index (χ3v) is 3.08. The van der Waals surface area contributed by atoms with Crippen LogP contribution >= 0.6 is 11.6 Å². The molecule has 2 rings (SSSR count). The average Bonchev–Trinajstić information content (AvgIpc) is 2.43. The maximum Gasteiger partial charge on any atom is 0.194 e. The molecule has 0 aromatic heterocycles. The Morgan fingerprint density at radius 2 is 1.94 bits per heavy atom. The van der Waals surface area contributed by atoms with Crippen LogP contribution in [0.2, 0.25) is 0 Å². The molecule has 0 saturated carbocycles. The largest absolute Gasteiger partial charge is 0.390 e. The summed E-state index contributed by atoms with van der Waals surface area (Å²) < 4.78 is 0. The SMILES string of the molecule is [C-]#[N+]c1cccc2c(NCC(O)CCl)cccc12. The lowest BCUT2D eigenvalue weighted by Gasteiger charge is -2.12. The molecule has 0 aliphatic rings. The van der Waals surface area contributed by atoms with Gasteiger partial charge >= 0.3 is 0 Å². The minimum absolute atomic E-state index is 0.199. The molecule has 3 nitrogen and oxygen atoms in total. The van der Waals surface area contributed by atoms with E-state index < -0.39 is 6.10 Å². The number of fused-ring (bicyclic) bond motifs is 1. The highest BCUT2D eigenvalue weighted by Crippen LogP contribution is 2.30. The summed E-state index contributed by atoms with van der Waals surface area (Å²) in [5, 5.41) is 14.5. The smallest absolute Gasteiger partial charge is 0.194 e. The molecule has 1 atom stereocenters. The van der Waals surface area contributed by atoms with Crippen molar-refractivity contribution in [3.05, 3.63) is 47.8 Å². The van der Waals surface area contributed by atoms with E-state index in [1.165, 1.54) is 0 Å². The number of hydrogen-bond acceptors (Lipinski definition) is 2. The predicted octanol–water partition coefficient (Wildman–Crippen LogP) is 3.40. The molecule has 2 N–H and O–H groups in total. The van der Waals surface area contributed by atoms with Crippen molar-refractivity contribution in [3.63, 3.8) is 0 Å². The van der Waals surface area contributed by atoms with Gasteiger partial charge < -0.3 is 10.4 Å². The number of alkyl halides is 1. The summed E-state index contributed by atoms with van der Waals surface area (Å²) in [6.45, 7) is 7.54. The number of nitrogens with one attached hydrogen (secondary N) is 1. The number of nitrogens with zero attached hydrogens (tertiary/aromatic N) is 1. The number of hydrogen-bond donors (Lipinski definition) is 2. The normalized spacial score (nSPS) is 12.1. The first-order chi connectivity index (χ1) is 8.76. The van der Waals surface area contributed by atoms with E-state index in [-0.39, 0.29) is 5.88 Å². The standard InChI is InChI=1S/C14H13ClN2O/c1-16-13-6-2-5-12-11(13)4-3-7-14(12)17-9-10(18)8-15/h2-7,10,17-18H,8-9H2. The summed E-state index contributed by atoms with van der Waals surface area (Å²) in [5.41, 5.74) is 1.54. The van der Waals surface area contributed by atoms with Crippen molar-refractivity contribution in [2.75, 3.05) is 17.7 Å². The molecule has 2 aromatic carbocycles. The van der Waals surface area contributed by atoms with Gasteiger partial charge in [0.05, 0.1) is 18.6 Å². The zero-order valence-corrected chi connectivity index (χ0v) is 10.5. The molecule has 0 aliphatic heterocycles. The second-order valence-electron chi connectivity index (χ2n) is 3.98. The Labute approximate surface area is 111 Å². The van der Waals surface area contributed by atoms with Gasteiger partial charge in [-0.25, -0.2) is 4.85 Å². The van der Waals surface area contributed by atoms with Crippen molar-refractivity contribution in [2.45, 2.75) is 6.10 Å². The molecule has 0 saturated heterocycles. The number of rotatable bonds is 4. The number of benzene rings is 2. The fourth-order valence-corrected chi connectivity index (χ4v) is 1.94. The fourth-order valence-electron chi connectivity index (χ4n) is 1.83. The number of aliphatic hydroxyl groups excluding tert-OH is 1. The fraction of sp³-hybridized carbons (Fsp3) is 0.214. The average molecular weight is 261 g/mol. The Hall–Kier alpha value is -1.76. The van der Waals surface area contributed by atoms with E-state index in [2.05, 4.69) is 10.2 Å². The van der Waals surface area contributed by atoms with Crippen LogP contribution in [-0.4, -0.2) is 23.6 Å². The highest BCUT2D eigenvalue weighted by molar-refractivity contribution is 6.18. The van der Waals surface area contributed by atoms with Gasteiger partial charge in [0.15, 0.2) is 5.69 Å². The molecule has 0 aliphatic carbocycles. The van der Waals surface area contributed by atoms with Crippen LogP contribution in [0.5, 0.6) is 0 Å². The van der Waals surface area contributed by atoms with Gasteiger partial charge in [0.1, 0.15) is 0 Å². The van der Waals surface area contributed by atoms with Gasteiger partial charge in [-0.3, -0.25) is 0 Å². The van der Waals surface area contributed by atoms with E-state index in [1.54, 1.807) is 6.07 Å². The topological polar surface area (TPSA) is 36.6 Å². The maximum atomic E-state index is 9.45. The van der Waals surface area contributed by atoms with Gasteiger partial charge in [-0.15, -0.1) is 11.6 Å². The minimum atomic E-state index is -0.578. The molecule has 0 radical (unpaired) electrons. The van der Waals surface area contributed by atoms with E-state index in [0.717, 1.165) is 16.5 Å². The second-order valence-corrected chi connectivity index (χ2v) is 4.29. The zero-order valence-electron chi connectivity index (χ0n) is 9.73. The molecule has 0 spiro atoms. The number of aliphatic hydroxyl groups is 1. The molecule has 0 amide bonds. The minimum Gasteiger partial charge on any atom is -0.390 e. The summed E-state index contributed by atoms with van der Waals surface area (Å²) >= 11 is 5.55. The summed E-state index contributed by atoms with van der Waals surface area (Å²) in [5.74, 6) is 0.199. The van der Waals surface area contributed by atoms with Crippen LogP contribution in [0.3, 0.4) is 0 Å². The third kappa shape index (κ3) is 2.56. The predicted molar refractivity (Wildman–Crippen MR) is 75.4 cm³/mol. The Balaban J connectivity index is 2.37. The van der Waals surface area contributed by atoms with Crippen LogP contribution in [0.4, 0.5) is 11.4 Å². The number of halogens is 1. The zero-order chi connectivity index (χ0) is 13.0. The van der Waals surface area contributed by atoms with Crippen molar-refractivity contribution >= 4 is 33.7 Å². The molecular weight excluding hydrogens is 248 g/mol. The molecule has 0 fully saturated rings. The van der Waals surface area contributed by atoms with Crippen LogP contribution < -0.4 is 5.32 Å². The molecule has 1 unspecified atom stereocenters. The summed E-state index contributed by atoms with van der Waals surface area (Å²) in [7, 11) is 0. The van der Waals surface area contributed by atoms with Gasteiger partial charge in [0.2, 0.25) is 0 Å². The summed E-state index contributed by atoms with van der Waals surface area (Å²) in [4.78, 5) is 3.50. The van der Waals surface area contributed by atoms with E-state index in [4.69, 9.17) is 18.2 Å². The lowest BCUT2D eigenvalue weighted by atomic mass is 10.1. The second kappa shape index (κ2) is 5.72. The van der Waals surface area contributed by atoms with Gasteiger partial charge in [-0.1, -0.05) is 30.3 Å². The van der Waals surface area contributed by atoms with Crippen molar-refractivity contribution in [2.24, 2.45) is 0 Å². The van der Waals surface area contributed by atoms with Crippen LogP contribution in [0, 0.1) is 6.57 Å². The molecular formula is C14H13ClN2O. The monoisotopic (exact) mass is 260 g/mol. The van der Waals surface area contributed by atoms with Gasteiger partial charge in [-0.05, 0) is 16.8 Å². The first-order valence-electron chi connectivity index (χ1n) is 5.63. The van der Waals surface area contributed by atoms with E-state index in [1.807, 2.05) is 30.3 Å². The Kier molecular flexibility index (Phi) is 4.03. The van der Waals surface area contributed by atoms with Crippen molar-refractivity contribution < 1.29 is 5.11 Å². The van der Waals surface area contributed by atoms with E-state index in [0.29, 0.717) is 12.2 Å². The van der Waals surface area contributed by atoms with Gasteiger partial charge in [0, 0.05) is 12.2 Å². The summed E-state index contributed by atoms with van der Waals surface area (Å²) in [6.07, 6.45) is -0.578. The van der Waals surface area contributed by atoms with Crippen LogP contribution in [0.25, 0.3) is 15.6 Å². The lowest BCUT2D eigenvalue weighted by Crippen LogP contribution is -2.20. The molecule has 92 valence electrons. The quantitative estimate of drug-likeness (QED) is 0.653. The van der Waals surface area contributed by atoms with Gasteiger partial charge in [0.25, 0.3) is 0 Å². The van der Waals surface area contributed by atoms with Crippen molar-refractivity contribution in [1.29, 1.82) is 0 Å². The third-order valence-electron chi connectivity index (χ3n) is 2.73. The number of anilines is 1. The van der Waals surface area contributed by atoms with Crippen LogP contribution in [0.15, 0.2) is 36.4 Å². The molecule has 4 heteroatoms. The lowest BCUT2D eigenvalue weighted by molar-refractivity contribution is 0.211. The Bertz CT molecular complexity index is 592. The first kappa shape index (κ1) is 12.7. The molecule has 0 bridgehead atoms. The Morgan fingerprint density at radius 3 is 2.67 bits per heavy atom. The van der Waals surface area contributed by atoms with Crippen molar-refractivity contribution in [1.82, 2.24) is 0 Å². The van der Waals surface area contributed by atoms with E-state index in [9.17, 15) is 5.11 Å². The van der Waals surface area contributed by atoms with Crippen LogP contribution in [-0.2, 0) is 0 Å². The Morgan fingerprint density at radius 1 is 1.22 bits per heavy atom. The molecule has 0 heterocycles. The van der Waals surface area contributed by atoms with E-state index >= 15 is 0 Å². The van der Waals surface area contributed by atoms with Crippen LogP contribution in [0.1, 0.15) is 0 Å².